The van der Waals surface area contributed by atoms with Crippen LogP contribution in [0.2, 0.25) is 0 Å². The van der Waals surface area contributed by atoms with E-state index in [-0.39, 0.29) is 17.5 Å². The summed E-state index contributed by atoms with van der Waals surface area (Å²) >= 11 is 0. The van der Waals surface area contributed by atoms with E-state index in [0.717, 1.165) is 11.3 Å². The highest BCUT2D eigenvalue weighted by atomic mass is 32.2. The summed E-state index contributed by atoms with van der Waals surface area (Å²) in [6.07, 6.45) is 3.04. The molecule has 0 radical (unpaired) electrons. The second kappa shape index (κ2) is 6.09. The maximum atomic E-state index is 11.6. The number of nitrogens with one attached hydrogen (secondary N) is 1. The van der Waals surface area contributed by atoms with Crippen molar-refractivity contribution in [2.75, 3.05) is 16.8 Å². The number of anilines is 1. The molecule has 1 unspecified atom stereocenters. The lowest BCUT2D eigenvalue weighted by Gasteiger charge is -2.15. The molecular weight excluding hydrogens is 276 g/mol. The Morgan fingerprint density at radius 2 is 2.00 bits per heavy atom. The second-order valence-corrected chi connectivity index (χ2v) is 7.09. The van der Waals surface area contributed by atoms with Crippen molar-refractivity contribution in [3.8, 4) is 11.3 Å². The number of oxazole rings is 1. The van der Waals surface area contributed by atoms with Gasteiger partial charge in [-0.1, -0.05) is 6.92 Å². The van der Waals surface area contributed by atoms with Gasteiger partial charge >= 0.3 is 0 Å². The van der Waals surface area contributed by atoms with Crippen molar-refractivity contribution in [2.24, 2.45) is 0 Å². The van der Waals surface area contributed by atoms with Crippen LogP contribution in [-0.4, -0.2) is 30.9 Å². The molecule has 2 rings (SSSR count). The van der Waals surface area contributed by atoms with Crippen molar-refractivity contribution in [1.82, 2.24) is 4.98 Å². The van der Waals surface area contributed by atoms with Gasteiger partial charge in [0.25, 0.3) is 0 Å². The molecule has 0 bridgehead atoms. The number of sulfone groups is 1. The Hall–Kier alpha value is -1.82. The van der Waals surface area contributed by atoms with Gasteiger partial charge in [0.05, 0.1) is 11.9 Å². The first-order valence-electron chi connectivity index (χ1n) is 6.46. The summed E-state index contributed by atoms with van der Waals surface area (Å²) in [6.45, 7) is 3.52. The summed E-state index contributed by atoms with van der Waals surface area (Å²) < 4.78 is 28.3. The molecule has 1 N–H and O–H groups in total. The molecule has 1 aromatic heterocycles. The van der Waals surface area contributed by atoms with Gasteiger partial charge in [0, 0.05) is 23.0 Å². The van der Waals surface area contributed by atoms with Crippen LogP contribution in [0.25, 0.3) is 11.3 Å². The van der Waals surface area contributed by atoms with Crippen molar-refractivity contribution in [3.05, 3.63) is 36.9 Å². The van der Waals surface area contributed by atoms with Gasteiger partial charge in [0.15, 0.2) is 22.0 Å². The van der Waals surface area contributed by atoms with Crippen LogP contribution in [0.3, 0.4) is 0 Å². The number of rotatable bonds is 6. The van der Waals surface area contributed by atoms with Crippen LogP contribution in [0.5, 0.6) is 0 Å². The van der Waals surface area contributed by atoms with Crippen molar-refractivity contribution >= 4 is 15.5 Å². The Bertz CT molecular complexity index is 634. The van der Waals surface area contributed by atoms with E-state index < -0.39 is 9.84 Å². The third-order valence-corrected chi connectivity index (χ3v) is 4.85. The molecular formula is C14H18N2O3S. The molecule has 20 heavy (non-hydrogen) atoms. The van der Waals surface area contributed by atoms with Gasteiger partial charge in [-0.3, -0.25) is 0 Å². The highest BCUT2D eigenvalue weighted by Crippen LogP contribution is 2.21. The fourth-order valence-corrected chi connectivity index (χ4v) is 2.99. The van der Waals surface area contributed by atoms with Crippen LogP contribution in [0.15, 0.2) is 41.3 Å². The van der Waals surface area contributed by atoms with Gasteiger partial charge in [-0.15, -0.1) is 0 Å². The normalized spacial score (nSPS) is 13.1. The summed E-state index contributed by atoms with van der Waals surface area (Å²) in [7, 11) is -2.97. The summed E-state index contributed by atoms with van der Waals surface area (Å²) in [5.41, 5.74) is 1.81. The number of hydrogen-bond acceptors (Lipinski definition) is 5. The van der Waals surface area contributed by atoms with E-state index in [2.05, 4.69) is 10.3 Å². The minimum atomic E-state index is -2.97. The van der Waals surface area contributed by atoms with Crippen LogP contribution in [0.1, 0.15) is 13.8 Å². The quantitative estimate of drug-likeness (QED) is 0.886. The van der Waals surface area contributed by atoms with Gasteiger partial charge in [-0.2, -0.15) is 0 Å². The molecule has 0 saturated heterocycles. The number of hydrogen-bond donors (Lipinski definition) is 1. The van der Waals surface area contributed by atoms with E-state index in [9.17, 15) is 8.42 Å². The van der Waals surface area contributed by atoms with Gasteiger partial charge < -0.3 is 9.73 Å². The molecule has 2 aromatic rings. The topological polar surface area (TPSA) is 72.2 Å². The Morgan fingerprint density at radius 1 is 1.30 bits per heavy atom. The molecule has 0 amide bonds. The number of nitrogens with zero attached hydrogens (tertiary/aromatic N) is 1. The Morgan fingerprint density at radius 3 is 2.55 bits per heavy atom. The molecule has 5 nitrogen and oxygen atoms in total. The van der Waals surface area contributed by atoms with Crippen LogP contribution < -0.4 is 5.32 Å². The standard InChI is InChI=1S/C14H18N2O3S/c1-3-20(17,18)9-11(2)16-13-6-4-12(5-7-13)14-8-15-10-19-14/h4-8,10-11,16H,3,9H2,1-2H3. The maximum Gasteiger partial charge on any atom is 0.181 e. The predicted octanol–water partition coefficient (Wildman–Crippen LogP) is 2.58. The molecule has 0 fully saturated rings. The SMILES string of the molecule is CCS(=O)(=O)CC(C)Nc1ccc(-c2cnco2)cc1. The fraction of sp³-hybridized carbons (Fsp3) is 0.357. The smallest absolute Gasteiger partial charge is 0.181 e. The average molecular weight is 294 g/mol. The zero-order valence-corrected chi connectivity index (χ0v) is 12.4. The van der Waals surface area contributed by atoms with E-state index in [4.69, 9.17) is 4.42 Å². The highest BCUT2D eigenvalue weighted by Gasteiger charge is 2.13. The fourth-order valence-electron chi connectivity index (χ4n) is 1.91. The van der Waals surface area contributed by atoms with Gasteiger partial charge in [-0.25, -0.2) is 13.4 Å². The highest BCUT2D eigenvalue weighted by molar-refractivity contribution is 7.91. The first-order chi connectivity index (χ1) is 9.50. The third kappa shape index (κ3) is 3.84. The predicted molar refractivity (Wildman–Crippen MR) is 79.4 cm³/mol. The van der Waals surface area contributed by atoms with Gasteiger partial charge in [-0.05, 0) is 31.2 Å². The summed E-state index contributed by atoms with van der Waals surface area (Å²) in [5, 5.41) is 3.18. The first kappa shape index (κ1) is 14.6. The van der Waals surface area contributed by atoms with Crippen LogP contribution >= 0.6 is 0 Å². The van der Waals surface area contributed by atoms with Crippen molar-refractivity contribution < 1.29 is 12.8 Å². The van der Waals surface area contributed by atoms with Crippen LogP contribution in [0.4, 0.5) is 5.69 Å². The lowest BCUT2D eigenvalue weighted by atomic mass is 10.1. The lowest BCUT2D eigenvalue weighted by Crippen LogP contribution is -2.26. The molecule has 0 spiro atoms. The molecule has 1 atom stereocenters. The molecule has 1 heterocycles. The summed E-state index contributed by atoms with van der Waals surface area (Å²) in [6, 6.07) is 7.48. The van der Waals surface area contributed by atoms with E-state index in [1.807, 2.05) is 31.2 Å². The molecule has 0 aliphatic heterocycles. The van der Waals surface area contributed by atoms with E-state index in [0.29, 0.717) is 5.76 Å². The number of benzene rings is 1. The minimum absolute atomic E-state index is 0.129. The molecule has 0 aliphatic carbocycles. The maximum absolute atomic E-state index is 11.6. The summed E-state index contributed by atoms with van der Waals surface area (Å²) in [5.74, 6) is 1.01. The zero-order chi connectivity index (χ0) is 14.6. The van der Waals surface area contributed by atoms with E-state index in [1.165, 1.54) is 6.39 Å². The molecule has 6 heteroatoms. The third-order valence-electron chi connectivity index (χ3n) is 2.96. The molecule has 0 saturated carbocycles. The monoisotopic (exact) mass is 294 g/mol. The molecule has 0 aliphatic rings. The minimum Gasteiger partial charge on any atom is -0.444 e. The Labute approximate surface area is 119 Å². The molecule has 108 valence electrons. The van der Waals surface area contributed by atoms with Crippen molar-refractivity contribution in [2.45, 2.75) is 19.9 Å². The second-order valence-electron chi connectivity index (χ2n) is 4.69. The van der Waals surface area contributed by atoms with Gasteiger partial charge in [0.2, 0.25) is 0 Å². The van der Waals surface area contributed by atoms with E-state index >= 15 is 0 Å². The van der Waals surface area contributed by atoms with Crippen LogP contribution in [-0.2, 0) is 9.84 Å². The zero-order valence-electron chi connectivity index (χ0n) is 11.5. The Balaban J connectivity index is 2.01. The summed E-state index contributed by atoms with van der Waals surface area (Å²) in [4.78, 5) is 3.87. The molecule has 1 aromatic carbocycles. The van der Waals surface area contributed by atoms with Crippen LogP contribution in [0, 0.1) is 0 Å². The Kier molecular flexibility index (Phi) is 4.44. The van der Waals surface area contributed by atoms with Gasteiger partial charge in [0.1, 0.15) is 0 Å². The van der Waals surface area contributed by atoms with Crippen molar-refractivity contribution in [1.29, 1.82) is 0 Å². The lowest BCUT2D eigenvalue weighted by molar-refractivity contribution is 0.572. The first-order valence-corrected chi connectivity index (χ1v) is 8.28. The average Bonchev–Trinajstić information content (AvgIpc) is 2.93. The number of aromatic nitrogens is 1. The largest absolute Gasteiger partial charge is 0.444 e. The van der Waals surface area contributed by atoms with Crippen molar-refractivity contribution in [3.63, 3.8) is 0 Å². The van der Waals surface area contributed by atoms with E-state index in [1.54, 1.807) is 13.1 Å².